The van der Waals surface area contributed by atoms with E-state index in [1.165, 1.54) is 45.7 Å². The van der Waals surface area contributed by atoms with Crippen molar-refractivity contribution < 1.29 is 17.9 Å². The molecule has 4 aromatic rings. The van der Waals surface area contributed by atoms with Crippen molar-refractivity contribution in [1.82, 2.24) is 29.1 Å². The Morgan fingerprint density at radius 2 is 1.84 bits per heavy atom. The van der Waals surface area contributed by atoms with Gasteiger partial charge in [-0.15, -0.1) is 10.2 Å². The predicted molar refractivity (Wildman–Crippen MR) is 115 cm³/mol. The van der Waals surface area contributed by atoms with E-state index in [9.17, 15) is 8.42 Å². The lowest BCUT2D eigenvalue weighted by Gasteiger charge is -2.17. The van der Waals surface area contributed by atoms with Crippen molar-refractivity contribution in [3.63, 3.8) is 0 Å². The average molecular weight is 461 g/mol. The van der Waals surface area contributed by atoms with E-state index < -0.39 is 10.0 Å². The number of aromatic nitrogens is 5. The minimum Gasteiger partial charge on any atom is -0.493 e. The molecule has 4 rings (SSSR count). The molecule has 0 radical (unpaired) electrons. The molecule has 0 N–H and O–H groups in total. The Morgan fingerprint density at radius 3 is 2.48 bits per heavy atom. The standard InChI is InChI=1S/C19H20N6O4S2/c1-24(2)31(26,27)16-11-15(29-4)14(28-3)9-12(16)10-17-21-22-19-25(17)23-18(30-19)13-7-5-6-8-20-13/h5-9,11H,10H2,1-4H3. The van der Waals surface area contributed by atoms with Crippen LogP contribution in [0.4, 0.5) is 0 Å². The highest BCUT2D eigenvalue weighted by atomic mass is 32.2. The van der Waals surface area contributed by atoms with E-state index in [0.29, 0.717) is 32.9 Å². The van der Waals surface area contributed by atoms with Gasteiger partial charge in [0.25, 0.3) is 0 Å². The van der Waals surface area contributed by atoms with E-state index in [2.05, 4.69) is 20.3 Å². The maximum Gasteiger partial charge on any atom is 0.242 e. The number of benzene rings is 1. The van der Waals surface area contributed by atoms with Gasteiger partial charge in [-0.3, -0.25) is 4.98 Å². The third-order valence-corrected chi connectivity index (χ3v) is 7.43. The zero-order valence-electron chi connectivity index (χ0n) is 17.3. The molecule has 31 heavy (non-hydrogen) atoms. The average Bonchev–Trinajstić information content (AvgIpc) is 3.35. The Kier molecular flexibility index (Phi) is 5.60. The van der Waals surface area contributed by atoms with Crippen LogP contribution >= 0.6 is 11.3 Å². The number of sulfonamides is 1. The zero-order valence-corrected chi connectivity index (χ0v) is 18.9. The molecule has 1 aromatic carbocycles. The summed E-state index contributed by atoms with van der Waals surface area (Å²) in [6.07, 6.45) is 1.87. The van der Waals surface area contributed by atoms with Gasteiger partial charge in [-0.25, -0.2) is 12.7 Å². The first-order valence-corrected chi connectivity index (χ1v) is 11.4. The van der Waals surface area contributed by atoms with Crippen molar-refractivity contribution in [2.24, 2.45) is 0 Å². The minimum absolute atomic E-state index is 0.104. The van der Waals surface area contributed by atoms with Gasteiger partial charge in [0.05, 0.1) is 19.1 Å². The zero-order chi connectivity index (χ0) is 22.2. The maximum absolute atomic E-state index is 13.0. The number of hydrogen-bond acceptors (Lipinski definition) is 9. The highest BCUT2D eigenvalue weighted by Gasteiger charge is 2.26. The number of ether oxygens (including phenoxy) is 2. The molecule has 12 heteroatoms. The molecule has 0 fully saturated rings. The molecule has 0 unspecified atom stereocenters. The Morgan fingerprint density at radius 1 is 1.10 bits per heavy atom. The van der Waals surface area contributed by atoms with Crippen LogP contribution in [0.2, 0.25) is 0 Å². The van der Waals surface area contributed by atoms with Crippen LogP contribution in [0.1, 0.15) is 11.4 Å². The van der Waals surface area contributed by atoms with Gasteiger partial charge in [0.2, 0.25) is 15.0 Å². The molecule has 0 saturated carbocycles. The Bertz CT molecular complexity index is 1330. The molecule has 0 bridgehead atoms. The molecule has 0 atom stereocenters. The highest BCUT2D eigenvalue weighted by Crippen LogP contribution is 2.35. The van der Waals surface area contributed by atoms with Crippen LogP contribution in [-0.4, -0.2) is 65.8 Å². The summed E-state index contributed by atoms with van der Waals surface area (Å²) in [5.41, 5.74) is 1.22. The fourth-order valence-corrected chi connectivity index (χ4v) is 4.96. The number of hydrogen-bond donors (Lipinski definition) is 0. The second-order valence-electron chi connectivity index (χ2n) is 6.71. The summed E-state index contributed by atoms with van der Waals surface area (Å²) in [6, 6.07) is 8.68. The number of fused-ring (bicyclic) bond motifs is 1. The van der Waals surface area contributed by atoms with E-state index >= 15 is 0 Å². The normalized spacial score (nSPS) is 11.9. The molecular weight excluding hydrogens is 440 g/mol. The summed E-state index contributed by atoms with van der Waals surface area (Å²) >= 11 is 1.35. The van der Waals surface area contributed by atoms with Crippen LogP contribution < -0.4 is 9.47 Å². The lowest BCUT2D eigenvalue weighted by atomic mass is 10.1. The van der Waals surface area contributed by atoms with Gasteiger partial charge in [-0.1, -0.05) is 17.4 Å². The molecule has 162 valence electrons. The van der Waals surface area contributed by atoms with E-state index in [1.54, 1.807) is 16.8 Å². The summed E-state index contributed by atoms with van der Waals surface area (Å²) in [5, 5.41) is 13.7. The first kappa shape index (κ1) is 21.2. The summed E-state index contributed by atoms with van der Waals surface area (Å²) in [4.78, 5) is 5.01. The van der Waals surface area contributed by atoms with Crippen molar-refractivity contribution in [2.45, 2.75) is 11.3 Å². The molecule has 3 heterocycles. The predicted octanol–water partition coefficient (Wildman–Crippen LogP) is 2.11. The number of methoxy groups -OCH3 is 2. The first-order valence-electron chi connectivity index (χ1n) is 9.15. The SMILES string of the molecule is COc1cc(Cc2nnc3sc(-c4ccccn4)nn23)c(S(=O)(=O)N(C)C)cc1OC. The lowest BCUT2D eigenvalue weighted by Crippen LogP contribution is -2.23. The topological polar surface area (TPSA) is 112 Å². The summed E-state index contributed by atoms with van der Waals surface area (Å²) < 4.78 is 39.4. The van der Waals surface area contributed by atoms with Crippen molar-refractivity contribution in [2.75, 3.05) is 28.3 Å². The summed E-state index contributed by atoms with van der Waals surface area (Å²) in [7, 11) is 2.16. The number of nitrogens with zero attached hydrogens (tertiary/aromatic N) is 6. The first-order chi connectivity index (χ1) is 14.8. The second kappa shape index (κ2) is 8.21. The molecule has 10 nitrogen and oxygen atoms in total. The molecule has 0 aliphatic rings. The molecule has 3 aromatic heterocycles. The van der Waals surface area contributed by atoms with E-state index in [4.69, 9.17) is 9.47 Å². The van der Waals surface area contributed by atoms with Crippen LogP contribution in [0, 0.1) is 0 Å². The minimum atomic E-state index is -3.75. The van der Waals surface area contributed by atoms with E-state index in [-0.39, 0.29) is 11.3 Å². The van der Waals surface area contributed by atoms with Gasteiger partial charge >= 0.3 is 0 Å². The van der Waals surface area contributed by atoms with Gasteiger partial charge in [0.1, 0.15) is 5.69 Å². The molecular formula is C19H20N6O4S2. The maximum atomic E-state index is 13.0. The quantitative estimate of drug-likeness (QED) is 0.412. The van der Waals surface area contributed by atoms with Gasteiger partial charge in [-0.2, -0.15) is 9.61 Å². The fraction of sp³-hybridized carbons (Fsp3) is 0.263. The van der Waals surface area contributed by atoms with Crippen LogP contribution in [0.5, 0.6) is 11.5 Å². The highest BCUT2D eigenvalue weighted by molar-refractivity contribution is 7.89. The van der Waals surface area contributed by atoms with Crippen LogP contribution in [0.15, 0.2) is 41.4 Å². The molecule has 0 saturated heterocycles. The van der Waals surface area contributed by atoms with Crippen molar-refractivity contribution in [3.8, 4) is 22.2 Å². The van der Waals surface area contributed by atoms with Crippen LogP contribution in [0.25, 0.3) is 15.7 Å². The molecule has 0 spiro atoms. The van der Waals surface area contributed by atoms with Crippen molar-refractivity contribution in [3.05, 3.63) is 47.9 Å². The Hall–Kier alpha value is -3.09. The van der Waals surface area contributed by atoms with Crippen molar-refractivity contribution in [1.29, 1.82) is 0 Å². The Balaban J connectivity index is 1.82. The van der Waals surface area contributed by atoms with Gasteiger partial charge in [0.15, 0.2) is 22.3 Å². The van der Waals surface area contributed by atoms with Gasteiger partial charge in [-0.05, 0) is 23.8 Å². The van der Waals surface area contributed by atoms with Crippen LogP contribution in [-0.2, 0) is 16.4 Å². The third kappa shape index (κ3) is 3.84. The molecule has 0 aliphatic heterocycles. The van der Waals surface area contributed by atoms with Crippen LogP contribution in [0.3, 0.4) is 0 Å². The lowest BCUT2D eigenvalue weighted by molar-refractivity contribution is 0.353. The monoisotopic (exact) mass is 460 g/mol. The molecule has 0 aliphatic carbocycles. The fourth-order valence-electron chi connectivity index (χ4n) is 3.01. The van der Waals surface area contributed by atoms with Gasteiger partial charge in [0, 0.05) is 32.8 Å². The third-order valence-electron chi connectivity index (χ3n) is 4.61. The smallest absolute Gasteiger partial charge is 0.242 e. The number of pyridine rings is 1. The Labute approximate surface area is 183 Å². The summed E-state index contributed by atoms with van der Waals surface area (Å²) in [5.74, 6) is 1.24. The largest absolute Gasteiger partial charge is 0.493 e. The number of rotatable bonds is 7. The van der Waals surface area contributed by atoms with Crippen molar-refractivity contribution >= 4 is 26.3 Å². The van der Waals surface area contributed by atoms with E-state index in [1.807, 2.05) is 18.2 Å². The summed E-state index contributed by atoms with van der Waals surface area (Å²) in [6.45, 7) is 0. The van der Waals surface area contributed by atoms with Gasteiger partial charge < -0.3 is 9.47 Å². The second-order valence-corrected chi connectivity index (χ2v) is 9.79. The van der Waals surface area contributed by atoms with E-state index in [0.717, 1.165) is 10.00 Å². The molecule has 0 amide bonds.